The lowest BCUT2D eigenvalue weighted by molar-refractivity contribution is -0.660. The summed E-state index contributed by atoms with van der Waals surface area (Å²) in [6.45, 7) is 0. The molecule has 0 unspecified atom stereocenters. The fourth-order valence-electron chi connectivity index (χ4n) is 2.20. The molecular formula is C16H15N2O4+. The Labute approximate surface area is 126 Å². The molecule has 1 aromatic heterocycles. The number of nitrogens with one attached hydrogen (secondary N) is 1. The van der Waals surface area contributed by atoms with E-state index < -0.39 is 5.63 Å². The van der Waals surface area contributed by atoms with Gasteiger partial charge in [0.2, 0.25) is 5.69 Å². The lowest BCUT2D eigenvalue weighted by atomic mass is 10.1. The lowest BCUT2D eigenvalue weighted by Crippen LogP contribution is -2.36. The molecule has 0 amide bonds. The second-order valence-corrected chi connectivity index (χ2v) is 4.59. The van der Waals surface area contributed by atoms with E-state index in [2.05, 4.69) is 5.27 Å². The molecular weight excluding hydrogens is 284 g/mol. The predicted molar refractivity (Wildman–Crippen MR) is 79.4 cm³/mol. The highest BCUT2D eigenvalue weighted by molar-refractivity contribution is 5.57. The van der Waals surface area contributed by atoms with Gasteiger partial charge in [-0.05, 0) is 40.3 Å². The van der Waals surface area contributed by atoms with Crippen molar-refractivity contribution in [1.82, 2.24) is 5.27 Å². The van der Waals surface area contributed by atoms with Gasteiger partial charge in [-0.25, -0.2) is 4.79 Å². The number of H-pyrrole nitrogens is 1. The maximum absolute atomic E-state index is 12.1. The summed E-state index contributed by atoms with van der Waals surface area (Å²) in [5, 5.41) is 2.61. The average molecular weight is 299 g/mol. The number of ether oxygens (including phenoxy) is 2. The van der Waals surface area contributed by atoms with Crippen LogP contribution in [0.4, 0.5) is 0 Å². The first-order valence-corrected chi connectivity index (χ1v) is 6.65. The molecule has 6 nitrogen and oxygen atoms in total. The number of rotatable bonds is 4. The van der Waals surface area contributed by atoms with Crippen molar-refractivity contribution < 1.29 is 18.7 Å². The van der Waals surface area contributed by atoms with Crippen molar-refractivity contribution in [3.05, 3.63) is 59.0 Å². The van der Waals surface area contributed by atoms with Gasteiger partial charge in [0.15, 0.2) is 0 Å². The van der Waals surface area contributed by atoms with E-state index in [1.54, 1.807) is 25.0 Å². The van der Waals surface area contributed by atoms with E-state index in [-0.39, 0.29) is 0 Å². The maximum atomic E-state index is 12.1. The van der Waals surface area contributed by atoms with E-state index >= 15 is 0 Å². The molecule has 0 aliphatic carbocycles. The van der Waals surface area contributed by atoms with E-state index in [1.807, 2.05) is 42.5 Å². The van der Waals surface area contributed by atoms with Gasteiger partial charge in [0.05, 0.1) is 19.8 Å². The van der Waals surface area contributed by atoms with Crippen LogP contribution in [0.1, 0.15) is 0 Å². The number of benzene rings is 2. The minimum atomic E-state index is -0.455. The zero-order valence-electron chi connectivity index (χ0n) is 12.2. The van der Waals surface area contributed by atoms with E-state index in [9.17, 15) is 4.79 Å². The van der Waals surface area contributed by atoms with E-state index in [0.717, 1.165) is 11.4 Å². The molecule has 1 N–H and O–H groups in total. The van der Waals surface area contributed by atoms with E-state index in [0.29, 0.717) is 17.0 Å². The Balaban J connectivity index is 2.12. The number of hydrogen-bond donors (Lipinski definition) is 1. The van der Waals surface area contributed by atoms with Gasteiger partial charge in [0, 0.05) is 12.1 Å². The number of hydrogen-bond acceptors (Lipinski definition) is 4. The van der Waals surface area contributed by atoms with E-state index in [4.69, 9.17) is 14.0 Å². The molecule has 1 heterocycles. The number of aromatic amines is 1. The highest BCUT2D eigenvalue weighted by Crippen LogP contribution is 2.20. The van der Waals surface area contributed by atoms with Crippen LogP contribution in [0.5, 0.6) is 11.5 Å². The zero-order valence-corrected chi connectivity index (χ0v) is 12.2. The monoisotopic (exact) mass is 299 g/mol. The molecule has 22 heavy (non-hydrogen) atoms. The van der Waals surface area contributed by atoms with Crippen molar-refractivity contribution in [3.63, 3.8) is 0 Å². The van der Waals surface area contributed by atoms with Crippen molar-refractivity contribution in [1.29, 1.82) is 0 Å². The van der Waals surface area contributed by atoms with Crippen LogP contribution in [-0.2, 0) is 0 Å². The van der Waals surface area contributed by atoms with Crippen LogP contribution in [0.25, 0.3) is 16.9 Å². The molecule has 0 bridgehead atoms. The van der Waals surface area contributed by atoms with Crippen LogP contribution in [0.2, 0.25) is 0 Å². The number of nitrogens with zero attached hydrogens (tertiary/aromatic N) is 1. The van der Waals surface area contributed by atoms with Crippen molar-refractivity contribution in [2.45, 2.75) is 0 Å². The smallest absolute Gasteiger partial charge is 0.435 e. The molecule has 0 spiro atoms. The van der Waals surface area contributed by atoms with Crippen molar-refractivity contribution in [2.75, 3.05) is 14.2 Å². The van der Waals surface area contributed by atoms with Gasteiger partial charge >= 0.3 is 11.3 Å². The summed E-state index contributed by atoms with van der Waals surface area (Å²) in [5.74, 6) is 1.40. The average Bonchev–Trinajstić information content (AvgIpc) is 2.96. The largest absolute Gasteiger partial charge is 0.497 e. The Bertz CT molecular complexity index is 834. The molecule has 0 radical (unpaired) electrons. The molecule has 0 saturated carbocycles. The molecule has 0 atom stereocenters. The van der Waals surface area contributed by atoms with Crippen molar-refractivity contribution in [2.24, 2.45) is 0 Å². The lowest BCUT2D eigenvalue weighted by Gasteiger charge is -2.01. The summed E-state index contributed by atoms with van der Waals surface area (Å²) in [5.41, 5.74) is 1.39. The highest BCUT2D eigenvalue weighted by Gasteiger charge is 2.25. The van der Waals surface area contributed by atoms with E-state index in [1.165, 1.54) is 0 Å². The van der Waals surface area contributed by atoms with Gasteiger partial charge in [0.1, 0.15) is 11.5 Å². The molecule has 3 aromatic rings. The topological polar surface area (TPSA) is 68.3 Å². The second-order valence-electron chi connectivity index (χ2n) is 4.59. The molecule has 2 aromatic carbocycles. The first kappa shape index (κ1) is 13.9. The van der Waals surface area contributed by atoms with Gasteiger partial charge in [-0.15, -0.1) is 0 Å². The minimum absolute atomic E-state index is 0.393. The van der Waals surface area contributed by atoms with Crippen LogP contribution in [0, 0.1) is 0 Å². The summed E-state index contributed by atoms with van der Waals surface area (Å²) in [4.78, 5) is 12.1. The third-order valence-electron chi connectivity index (χ3n) is 3.32. The van der Waals surface area contributed by atoms with Gasteiger partial charge in [0.25, 0.3) is 0 Å². The minimum Gasteiger partial charge on any atom is -0.497 e. The molecule has 0 fully saturated rings. The number of aromatic nitrogens is 2. The Morgan fingerprint density at radius 1 is 1.00 bits per heavy atom. The third-order valence-corrected chi connectivity index (χ3v) is 3.32. The fourth-order valence-corrected chi connectivity index (χ4v) is 2.20. The summed E-state index contributed by atoms with van der Waals surface area (Å²) in [6.07, 6.45) is 0. The Hall–Kier alpha value is -3.02. The quantitative estimate of drug-likeness (QED) is 0.747. The van der Waals surface area contributed by atoms with Crippen LogP contribution in [-0.4, -0.2) is 19.5 Å². The summed E-state index contributed by atoms with van der Waals surface area (Å²) < 4.78 is 16.9. The summed E-state index contributed by atoms with van der Waals surface area (Å²) >= 11 is 0. The number of methoxy groups -OCH3 is 2. The Morgan fingerprint density at radius 2 is 1.73 bits per heavy atom. The van der Waals surface area contributed by atoms with Gasteiger partial charge in [-0.1, -0.05) is 6.07 Å². The highest BCUT2D eigenvalue weighted by atomic mass is 16.5. The normalized spacial score (nSPS) is 10.5. The molecule has 0 aliphatic heterocycles. The van der Waals surface area contributed by atoms with Crippen LogP contribution >= 0.6 is 0 Å². The second kappa shape index (κ2) is 5.77. The SMILES string of the molecule is COc1ccc(-[n+]2[nH]oc(=O)c2-c2cccc(OC)c2)cc1. The van der Waals surface area contributed by atoms with Crippen molar-refractivity contribution >= 4 is 0 Å². The van der Waals surface area contributed by atoms with Crippen LogP contribution < -0.4 is 19.8 Å². The predicted octanol–water partition coefficient (Wildman–Crippen LogP) is 1.93. The molecule has 3 rings (SSSR count). The van der Waals surface area contributed by atoms with Gasteiger partial charge in [-0.3, -0.25) is 4.52 Å². The third kappa shape index (κ3) is 2.46. The fraction of sp³-hybridized carbons (Fsp3) is 0.125. The Morgan fingerprint density at radius 3 is 2.41 bits per heavy atom. The molecule has 6 heteroatoms. The standard InChI is InChI=1S/C16H14N2O4/c1-20-13-8-6-12(7-9-13)18-15(16(19)22-17-18)11-4-3-5-14(10-11)21-2/h3-10H,1-2H3/p+1. The summed E-state index contributed by atoms with van der Waals surface area (Å²) in [6, 6.07) is 14.5. The van der Waals surface area contributed by atoms with Crippen molar-refractivity contribution in [3.8, 4) is 28.4 Å². The zero-order chi connectivity index (χ0) is 15.5. The Kier molecular flexibility index (Phi) is 3.65. The maximum Gasteiger partial charge on any atom is 0.435 e. The van der Waals surface area contributed by atoms with Gasteiger partial charge in [-0.2, -0.15) is 0 Å². The molecule has 112 valence electrons. The van der Waals surface area contributed by atoms with Crippen LogP contribution in [0.15, 0.2) is 57.8 Å². The molecule has 0 saturated heterocycles. The van der Waals surface area contributed by atoms with Crippen LogP contribution in [0.3, 0.4) is 0 Å². The van der Waals surface area contributed by atoms with Gasteiger partial charge < -0.3 is 9.47 Å². The summed E-state index contributed by atoms with van der Waals surface area (Å²) in [7, 11) is 3.18. The first-order chi connectivity index (χ1) is 10.7. The first-order valence-electron chi connectivity index (χ1n) is 6.65. The molecule has 0 aliphatic rings.